The van der Waals surface area contributed by atoms with Crippen LogP contribution in [0, 0.1) is 0 Å². The Balaban J connectivity index is 2.09. The summed E-state index contributed by atoms with van der Waals surface area (Å²) in [6.45, 7) is 2.15. The predicted molar refractivity (Wildman–Crippen MR) is 88.0 cm³/mol. The molecule has 2 unspecified atom stereocenters. The van der Waals surface area contributed by atoms with Crippen molar-refractivity contribution < 1.29 is 4.79 Å². The van der Waals surface area contributed by atoms with E-state index in [2.05, 4.69) is 6.92 Å². The van der Waals surface area contributed by atoms with Crippen LogP contribution in [0.15, 0.2) is 18.2 Å². The van der Waals surface area contributed by atoms with Crippen LogP contribution in [-0.2, 0) is 11.2 Å². The summed E-state index contributed by atoms with van der Waals surface area (Å²) in [4.78, 5) is 12.5. The fourth-order valence-electron chi connectivity index (χ4n) is 2.17. The maximum atomic E-state index is 12.5. The van der Waals surface area contributed by atoms with E-state index in [1.807, 2.05) is 23.9 Å². The average Bonchev–Trinajstić information content (AvgIpc) is 2.43. The molecule has 1 nitrogen and oxygen atoms in total. The Morgan fingerprint density at radius 2 is 2.05 bits per heavy atom. The number of carbonyl (C=O) groups excluding carboxylic acids is 1. The summed E-state index contributed by atoms with van der Waals surface area (Å²) >= 11 is 15.8. The van der Waals surface area contributed by atoms with Crippen LogP contribution in [0.2, 0.25) is 10.0 Å². The summed E-state index contributed by atoms with van der Waals surface area (Å²) in [5, 5.41) is 1.56. The van der Waals surface area contributed by atoms with Gasteiger partial charge in [-0.05, 0) is 18.1 Å². The highest BCUT2D eigenvalue weighted by Crippen LogP contribution is 2.35. The lowest BCUT2D eigenvalue weighted by Crippen LogP contribution is -2.33. The molecule has 0 saturated carbocycles. The highest BCUT2D eigenvalue weighted by atomic mass is 35.5. The van der Waals surface area contributed by atoms with Crippen LogP contribution in [0.3, 0.4) is 0 Å². The maximum absolute atomic E-state index is 12.5. The van der Waals surface area contributed by atoms with Crippen molar-refractivity contribution in [3.05, 3.63) is 33.8 Å². The zero-order chi connectivity index (χ0) is 13.8. The number of thioether (sulfide) groups is 2. The molecule has 104 valence electrons. The Morgan fingerprint density at radius 1 is 1.32 bits per heavy atom. The summed E-state index contributed by atoms with van der Waals surface area (Å²) in [6, 6.07) is 5.47. The van der Waals surface area contributed by atoms with Gasteiger partial charge in [-0.15, -0.1) is 11.8 Å². The van der Waals surface area contributed by atoms with Gasteiger partial charge in [-0.2, -0.15) is 11.8 Å². The highest BCUT2D eigenvalue weighted by molar-refractivity contribution is 8.07. The summed E-state index contributed by atoms with van der Waals surface area (Å²) in [6.07, 6.45) is 1.42. The topological polar surface area (TPSA) is 17.1 Å². The Morgan fingerprint density at radius 3 is 2.79 bits per heavy atom. The second-order valence-corrected chi connectivity index (χ2v) is 7.85. The summed E-state index contributed by atoms with van der Waals surface area (Å²) in [5.41, 5.74) is 0.838. The van der Waals surface area contributed by atoms with Crippen LogP contribution in [0.4, 0.5) is 0 Å². The van der Waals surface area contributed by atoms with Gasteiger partial charge in [0, 0.05) is 23.2 Å². The van der Waals surface area contributed by atoms with Crippen molar-refractivity contribution in [1.82, 2.24) is 0 Å². The third-order valence-electron chi connectivity index (χ3n) is 3.17. The lowest BCUT2D eigenvalue weighted by molar-refractivity contribution is -0.117. The van der Waals surface area contributed by atoms with Crippen LogP contribution < -0.4 is 0 Å². The first-order chi connectivity index (χ1) is 9.13. The largest absolute Gasteiger partial charge is 0.298 e. The van der Waals surface area contributed by atoms with Crippen LogP contribution in [-0.4, -0.2) is 27.8 Å². The van der Waals surface area contributed by atoms with E-state index in [1.165, 1.54) is 0 Å². The van der Waals surface area contributed by atoms with Gasteiger partial charge in [0.1, 0.15) is 0 Å². The second kappa shape index (κ2) is 7.26. The fourth-order valence-corrected chi connectivity index (χ4v) is 5.60. The number of hydrogen-bond acceptors (Lipinski definition) is 3. The zero-order valence-corrected chi connectivity index (χ0v) is 13.8. The summed E-state index contributed by atoms with van der Waals surface area (Å²) in [7, 11) is 0. The van der Waals surface area contributed by atoms with Crippen LogP contribution in [0.25, 0.3) is 0 Å². The molecule has 1 aliphatic heterocycles. The third-order valence-corrected chi connectivity index (χ3v) is 7.32. The first-order valence-corrected chi connectivity index (χ1v) is 9.17. The number of carbonyl (C=O) groups is 1. The molecule has 5 heteroatoms. The van der Waals surface area contributed by atoms with E-state index in [-0.39, 0.29) is 11.0 Å². The first-order valence-electron chi connectivity index (χ1n) is 6.32. The number of rotatable bonds is 4. The van der Waals surface area contributed by atoms with Gasteiger partial charge in [-0.25, -0.2) is 0 Å². The van der Waals surface area contributed by atoms with E-state index in [0.717, 1.165) is 23.5 Å². The van der Waals surface area contributed by atoms with E-state index in [0.29, 0.717) is 21.7 Å². The summed E-state index contributed by atoms with van der Waals surface area (Å²) < 4.78 is 0. The number of ketones is 1. The lowest BCUT2D eigenvalue weighted by atomic mass is 10.0. The highest BCUT2D eigenvalue weighted by Gasteiger charge is 2.31. The molecule has 19 heavy (non-hydrogen) atoms. The minimum atomic E-state index is 0.0961. The molecule has 0 bridgehead atoms. The zero-order valence-electron chi connectivity index (χ0n) is 10.7. The molecule has 0 aromatic heterocycles. The van der Waals surface area contributed by atoms with E-state index >= 15 is 0 Å². The molecule has 1 aromatic rings. The Bertz CT molecular complexity index is 465. The smallest absolute Gasteiger partial charge is 0.151 e. The van der Waals surface area contributed by atoms with Gasteiger partial charge < -0.3 is 0 Å². The van der Waals surface area contributed by atoms with Crippen molar-refractivity contribution in [3.8, 4) is 0 Å². The molecule has 0 N–H and O–H groups in total. The molecule has 0 radical (unpaired) electrons. The van der Waals surface area contributed by atoms with Gasteiger partial charge in [0.2, 0.25) is 0 Å². The first kappa shape index (κ1) is 15.6. The van der Waals surface area contributed by atoms with Crippen molar-refractivity contribution in [3.63, 3.8) is 0 Å². The van der Waals surface area contributed by atoms with Crippen molar-refractivity contribution >= 4 is 52.5 Å². The van der Waals surface area contributed by atoms with E-state index in [4.69, 9.17) is 23.2 Å². The van der Waals surface area contributed by atoms with Gasteiger partial charge in [0.05, 0.1) is 15.3 Å². The maximum Gasteiger partial charge on any atom is 0.151 e. The van der Waals surface area contributed by atoms with Crippen molar-refractivity contribution in [2.45, 2.75) is 30.3 Å². The molecule has 0 amide bonds. The molecule has 2 rings (SSSR count). The molecule has 2 atom stereocenters. The number of Topliss-reactive ketones (excluding diaryl/α,β-unsaturated/α-hetero) is 1. The van der Waals surface area contributed by atoms with E-state index < -0.39 is 0 Å². The minimum absolute atomic E-state index is 0.0961. The van der Waals surface area contributed by atoms with E-state index in [1.54, 1.807) is 17.8 Å². The molecular formula is C14H16Cl2OS2. The van der Waals surface area contributed by atoms with Crippen LogP contribution >= 0.6 is 46.7 Å². The van der Waals surface area contributed by atoms with Gasteiger partial charge in [0.25, 0.3) is 0 Å². The monoisotopic (exact) mass is 334 g/mol. The van der Waals surface area contributed by atoms with Crippen molar-refractivity contribution in [2.24, 2.45) is 0 Å². The number of hydrogen-bond donors (Lipinski definition) is 0. The van der Waals surface area contributed by atoms with Crippen molar-refractivity contribution in [1.29, 1.82) is 0 Å². The van der Waals surface area contributed by atoms with Gasteiger partial charge in [0.15, 0.2) is 5.78 Å². The lowest BCUT2D eigenvalue weighted by Gasteiger charge is -2.28. The Kier molecular flexibility index (Phi) is 5.94. The number of benzene rings is 1. The second-order valence-electron chi connectivity index (χ2n) is 4.46. The normalized spacial score (nSPS) is 23.3. The minimum Gasteiger partial charge on any atom is -0.298 e. The van der Waals surface area contributed by atoms with Gasteiger partial charge in [-0.3, -0.25) is 4.79 Å². The molecule has 1 saturated heterocycles. The number of halogens is 2. The molecule has 1 aliphatic rings. The van der Waals surface area contributed by atoms with E-state index in [9.17, 15) is 4.79 Å². The molecule has 1 aromatic carbocycles. The average molecular weight is 335 g/mol. The summed E-state index contributed by atoms with van der Waals surface area (Å²) in [5.74, 6) is 2.47. The quantitative estimate of drug-likeness (QED) is 0.792. The van der Waals surface area contributed by atoms with Crippen molar-refractivity contribution in [2.75, 3.05) is 11.5 Å². The van der Waals surface area contributed by atoms with Gasteiger partial charge in [-0.1, -0.05) is 42.3 Å². The molecule has 1 fully saturated rings. The SMILES string of the molecule is CCC1SCCSC1C(=O)Cc1cccc(Cl)c1Cl. The van der Waals surface area contributed by atoms with Crippen LogP contribution in [0.5, 0.6) is 0 Å². The Labute approximate surface area is 132 Å². The standard InChI is InChI=1S/C14H16Cl2OS2/c1-2-12-14(19-7-6-18-12)11(17)8-9-4-3-5-10(15)13(9)16/h3-5,12,14H,2,6-8H2,1H3. The molecular weight excluding hydrogens is 319 g/mol. The molecule has 0 aliphatic carbocycles. The predicted octanol–water partition coefficient (Wildman–Crippen LogP) is 4.73. The Hall–Kier alpha value is 0.170. The molecule has 0 spiro atoms. The van der Waals surface area contributed by atoms with Gasteiger partial charge >= 0.3 is 0 Å². The molecule has 1 heterocycles. The van der Waals surface area contributed by atoms with Crippen LogP contribution in [0.1, 0.15) is 18.9 Å². The third kappa shape index (κ3) is 3.84. The fraction of sp³-hybridized carbons (Fsp3) is 0.500.